The van der Waals surface area contributed by atoms with Crippen LogP contribution in [0.25, 0.3) is 11.4 Å². The van der Waals surface area contributed by atoms with Crippen molar-refractivity contribution in [2.45, 2.75) is 32.8 Å². The molecule has 1 atom stereocenters. The van der Waals surface area contributed by atoms with E-state index in [1.54, 1.807) is 7.11 Å². The lowest BCUT2D eigenvalue weighted by Crippen LogP contribution is -2.13. The second-order valence-corrected chi connectivity index (χ2v) is 5.23. The average Bonchev–Trinajstić information content (AvgIpc) is 2.86. The van der Waals surface area contributed by atoms with Crippen LogP contribution >= 0.6 is 0 Å². The molecule has 5 heteroatoms. The topological polar surface area (TPSA) is 68.4 Å². The van der Waals surface area contributed by atoms with E-state index in [4.69, 9.17) is 9.26 Å². The fourth-order valence-electron chi connectivity index (χ4n) is 2.05. The highest BCUT2D eigenvalue weighted by Crippen LogP contribution is 2.21. The third-order valence-corrected chi connectivity index (χ3v) is 2.95. The molecular formula is C15H20N2O3. The number of aromatic nitrogens is 2. The van der Waals surface area contributed by atoms with Crippen LogP contribution in [-0.2, 0) is 6.42 Å². The maximum absolute atomic E-state index is 9.89. The molecule has 0 bridgehead atoms. The predicted octanol–water partition coefficient (Wildman–Crippen LogP) is 2.69. The quantitative estimate of drug-likeness (QED) is 0.878. The van der Waals surface area contributed by atoms with E-state index in [0.29, 0.717) is 24.1 Å². The first-order chi connectivity index (χ1) is 9.58. The fraction of sp³-hybridized carbons (Fsp3) is 0.467. The highest BCUT2D eigenvalue weighted by molar-refractivity contribution is 5.56. The maximum atomic E-state index is 9.89. The lowest BCUT2D eigenvalue weighted by Gasteiger charge is -2.09. The first kappa shape index (κ1) is 14.5. The minimum atomic E-state index is -0.450. The number of ether oxygens (including phenoxy) is 1. The van der Waals surface area contributed by atoms with Crippen molar-refractivity contribution >= 4 is 0 Å². The molecular weight excluding hydrogens is 256 g/mol. The number of aliphatic hydroxyl groups is 1. The van der Waals surface area contributed by atoms with Crippen LogP contribution in [0.3, 0.4) is 0 Å². The van der Waals surface area contributed by atoms with Crippen molar-refractivity contribution in [3.8, 4) is 17.1 Å². The summed E-state index contributed by atoms with van der Waals surface area (Å²) in [6.07, 6.45) is 0.653. The van der Waals surface area contributed by atoms with Gasteiger partial charge in [-0.2, -0.15) is 4.98 Å². The largest absolute Gasteiger partial charge is 0.497 e. The molecule has 1 heterocycles. The van der Waals surface area contributed by atoms with Gasteiger partial charge in [-0.25, -0.2) is 0 Å². The van der Waals surface area contributed by atoms with Crippen molar-refractivity contribution in [3.05, 3.63) is 30.2 Å². The Balaban J connectivity index is 2.08. The molecule has 20 heavy (non-hydrogen) atoms. The molecule has 2 aromatic rings. The van der Waals surface area contributed by atoms with Crippen LogP contribution in [-0.4, -0.2) is 28.5 Å². The lowest BCUT2D eigenvalue weighted by molar-refractivity contribution is 0.138. The molecule has 0 aliphatic rings. The van der Waals surface area contributed by atoms with Crippen molar-refractivity contribution in [1.82, 2.24) is 10.1 Å². The molecule has 5 nitrogen and oxygen atoms in total. The van der Waals surface area contributed by atoms with Gasteiger partial charge in [0.15, 0.2) is 0 Å². The Labute approximate surface area is 118 Å². The van der Waals surface area contributed by atoms with Crippen LogP contribution in [0.15, 0.2) is 28.8 Å². The predicted molar refractivity (Wildman–Crippen MR) is 75.5 cm³/mol. The summed E-state index contributed by atoms with van der Waals surface area (Å²) >= 11 is 0. The SMILES string of the molecule is COc1cccc(-c2noc(CC(O)CC(C)C)n2)c1. The van der Waals surface area contributed by atoms with Gasteiger partial charge in [-0.15, -0.1) is 0 Å². The van der Waals surface area contributed by atoms with Crippen molar-refractivity contribution in [2.75, 3.05) is 7.11 Å². The molecule has 0 amide bonds. The molecule has 0 aliphatic carbocycles. The molecule has 1 unspecified atom stereocenters. The Morgan fingerprint density at radius 2 is 2.15 bits per heavy atom. The van der Waals surface area contributed by atoms with E-state index in [0.717, 1.165) is 17.7 Å². The van der Waals surface area contributed by atoms with Crippen molar-refractivity contribution in [2.24, 2.45) is 5.92 Å². The van der Waals surface area contributed by atoms with E-state index in [9.17, 15) is 5.11 Å². The minimum Gasteiger partial charge on any atom is -0.497 e. The van der Waals surface area contributed by atoms with Crippen molar-refractivity contribution < 1.29 is 14.4 Å². The van der Waals surface area contributed by atoms with Crippen LogP contribution in [0.2, 0.25) is 0 Å². The van der Waals surface area contributed by atoms with E-state index >= 15 is 0 Å². The van der Waals surface area contributed by atoms with E-state index in [2.05, 4.69) is 24.0 Å². The van der Waals surface area contributed by atoms with Crippen LogP contribution in [0.5, 0.6) is 5.75 Å². The van der Waals surface area contributed by atoms with Gasteiger partial charge in [0.1, 0.15) is 5.75 Å². The molecule has 1 N–H and O–H groups in total. The third-order valence-electron chi connectivity index (χ3n) is 2.95. The average molecular weight is 276 g/mol. The molecule has 0 aliphatic heterocycles. The number of methoxy groups -OCH3 is 1. The minimum absolute atomic E-state index is 0.384. The van der Waals surface area contributed by atoms with E-state index < -0.39 is 6.10 Å². The summed E-state index contributed by atoms with van der Waals surface area (Å²) in [4.78, 5) is 4.31. The summed E-state index contributed by atoms with van der Waals surface area (Å²) in [6, 6.07) is 7.47. The zero-order chi connectivity index (χ0) is 14.5. The molecule has 0 saturated carbocycles. The first-order valence-electron chi connectivity index (χ1n) is 6.73. The molecule has 0 spiro atoms. The number of hydrogen-bond donors (Lipinski definition) is 1. The number of hydrogen-bond acceptors (Lipinski definition) is 5. The van der Waals surface area contributed by atoms with Gasteiger partial charge in [0.05, 0.1) is 19.6 Å². The summed E-state index contributed by atoms with van der Waals surface area (Å²) in [5.74, 6) is 2.14. The molecule has 108 valence electrons. The normalized spacial score (nSPS) is 12.7. The summed E-state index contributed by atoms with van der Waals surface area (Å²) in [6.45, 7) is 4.14. The van der Waals surface area contributed by atoms with Crippen LogP contribution in [0, 0.1) is 5.92 Å². The molecule has 0 saturated heterocycles. The number of nitrogens with zero attached hydrogens (tertiary/aromatic N) is 2. The molecule has 0 fully saturated rings. The first-order valence-corrected chi connectivity index (χ1v) is 6.73. The Hall–Kier alpha value is -1.88. The highest BCUT2D eigenvalue weighted by atomic mass is 16.5. The van der Waals surface area contributed by atoms with Crippen molar-refractivity contribution in [3.63, 3.8) is 0 Å². The van der Waals surface area contributed by atoms with E-state index in [-0.39, 0.29) is 0 Å². The van der Waals surface area contributed by atoms with Gasteiger partial charge in [0.2, 0.25) is 11.7 Å². The van der Waals surface area contributed by atoms with Gasteiger partial charge in [-0.3, -0.25) is 0 Å². The monoisotopic (exact) mass is 276 g/mol. The van der Waals surface area contributed by atoms with E-state index in [1.165, 1.54) is 0 Å². The Kier molecular flexibility index (Phi) is 4.74. The second kappa shape index (κ2) is 6.52. The molecule has 1 aromatic carbocycles. The maximum Gasteiger partial charge on any atom is 0.229 e. The zero-order valence-corrected chi connectivity index (χ0v) is 12.0. The summed E-state index contributed by atoms with van der Waals surface area (Å²) in [5, 5.41) is 13.8. The van der Waals surface area contributed by atoms with Gasteiger partial charge in [-0.05, 0) is 24.5 Å². The number of rotatable bonds is 6. The Bertz CT molecular complexity index is 552. The van der Waals surface area contributed by atoms with Crippen LogP contribution in [0.1, 0.15) is 26.2 Å². The number of benzene rings is 1. The Morgan fingerprint density at radius 1 is 1.35 bits per heavy atom. The third kappa shape index (κ3) is 3.81. The van der Waals surface area contributed by atoms with Crippen molar-refractivity contribution in [1.29, 1.82) is 0 Å². The summed E-state index contributed by atoms with van der Waals surface area (Å²) < 4.78 is 10.3. The van der Waals surface area contributed by atoms with Crippen LogP contribution < -0.4 is 4.74 Å². The van der Waals surface area contributed by atoms with Crippen LogP contribution in [0.4, 0.5) is 0 Å². The summed E-state index contributed by atoms with van der Waals surface area (Å²) in [5.41, 5.74) is 0.831. The highest BCUT2D eigenvalue weighted by Gasteiger charge is 2.14. The lowest BCUT2D eigenvalue weighted by atomic mass is 10.0. The van der Waals surface area contributed by atoms with Gasteiger partial charge >= 0.3 is 0 Å². The standard InChI is InChI=1S/C15H20N2O3/c1-10(2)7-12(18)9-14-16-15(17-20-14)11-5-4-6-13(8-11)19-3/h4-6,8,10,12,18H,7,9H2,1-3H3. The second-order valence-electron chi connectivity index (χ2n) is 5.23. The van der Waals surface area contributed by atoms with Gasteiger partial charge in [0.25, 0.3) is 0 Å². The van der Waals surface area contributed by atoms with E-state index in [1.807, 2.05) is 24.3 Å². The van der Waals surface area contributed by atoms with Gasteiger partial charge in [-0.1, -0.05) is 31.1 Å². The Morgan fingerprint density at radius 3 is 2.85 bits per heavy atom. The molecule has 0 radical (unpaired) electrons. The van der Waals surface area contributed by atoms with Gasteiger partial charge < -0.3 is 14.4 Å². The number of aliphatic hydroxyl groups excluding tert-OH is 1. The summed E-state index contributed by atoms with van der Waals surface area (Å²) in [7, 11) is 1.61. The fourth-order valence-corrected chi connectivity index (χ4v) is 2.05. The zero-order valence-electron chi connectivity index (χ0n) is 12.0. The van der Waals surface area contributed by atoms with Gasteiger partial charge in [0, 0.05) is 5.56 Å². The smallest absolute Gasteiger partial charge is 0.229 e. The molecule has 1 aromatic heterocycles. The molecule has 2 rings (SSSR count).